The van der Waals surface area contributed by atoms with E-state index in [9.17, 15) is 19.5 Å². The van der Waals surface area contributed by atoms with Crippen LogP contribution in [0.15, 0.2) is 59.5 Å². The molecule has 34 heavy (non-hydrogen) atoms. The second-order valence-corrected chi connectivity index (χ2v) is 9.13. The van der Waals surface area contributed by atoms with E-state index in [1.54, 1.807) is 22.9 Å². The Bertz CT molecular complexity index is 1210. The third-order valence-corrected chi connectivity index (χ3v) is 6.81. The second kappa shape index (κ2) is 10.7. The Morgan fingerprint density at radius 3 is 2.38 bits per heavy atom. The minimum Gasteiger partial charge on any atom is -0.478 e. The second-order valence-electron chi connectivity index (χ2n) is 9.13. The number of carboxylic acids is 1. The maximum Gasteiger partial charge on any atom is 0.336 e. The van der Waals surface area contributed by atoms with Crippen LogP contribution in [0.2, 0.25) is 0 Å². The first-order chi connectivity index (χ1) is 16.5. The summed E-state index contributed by atoms with van der Waals surface area (Å²) in [6, 6.07) is 14.8. The molecule has 0 amide bonds. The highest BCUT2D eigenvalue weighted by molar-refractivity contribution is 5.96. The first-order valence-corrected chi connectivity index (χ1v) is 12.3. The molecule has 3 aromatic rings. The Balaban J connectivity index is 1.56. The molecule has 1 heterocycles. The average Bonchev–Trinajstić information content (AvgIpc) is 3.20. The number of hydrogen-bond donors (Lipinski definition) is 1. The molecule has 1 aliphatic rings. The van der Waals surface area contributed by atoms with Gasteiger partial charge in [-0.2, -0.15) is 0 Å². The first kappa shape index (κ1) is 23.7. The highest BCUT2D eigenvalue weighted by Gasteiger charge is 2.24. The number of imidazole rings is 1. The number of aromatic carboxylic acids is 1. The molecular formula is C28H32N2O4. The fourth-order valence-electron chi connectivity index (χ4n) is 4.97. The maximum absolute atomic E-state index is 13.2. The SMILES string of the molecule is CCCC(=O)n1cc(C2CCCCC2)n(CCc2ccc(-c3ccccc3C(=O)O)cc2)c1=O. The summed E-state index contributed by atoms with van der Waals surface area (Å²) in [5.74, 6) is -0.756. The van der Waals surface area contributed by atoms with Crippen molar-refractivity contribution in [2.75, 3.05) is 0 Å². The van der Waals surface area contributed by atoms with Gasteiger partial charge in [-0.25, -0.2) is 14.2 Å². The molecule has 1 fully saturated rings. The van der Waals surface area contributed by atoms with E-state index in [0.717, 1.165) is 42.5 Å². The number of hydrogen-bond acceptors (Lipinski definition) is 3. The molecule has 0 atom stereocenters. The van der Waals surface area contributed by atoms with E-state index in [4.69, 9.17) is 0 Å². The van der Waals surface area contributed by atoms with Crippen LogP contribution in [0.5, 0.6) is 0 Å². The topological polar surface area (TPSA) is 81.3 Å². The molecule has 6 heteroatoms. The molecule has 6 nitrogen and oxygen atoms in total. The number of nitrogens with zero attached hydrogens (tertiary/aromatic N) is 2. The minimum absolute atomic E-state index is 0.134. The number of aromatic nitrogens is 2. The van der Waals surface area contributed by atoms with Gasteiger partial charge in [0.25, 0.3) is 0 Å². The fraction of sp³-hybridized carbons (Fsp3) is 0.393. The number of benzene rings is 2. The van der Waals surface area contributed by atoms with Crippen LogP contribution in [-0.2, 0) is 13.0 Å². The first-order valence-electron chi connectivity index (χ1n) is 12.3. The lowest BCUT2D eigenvalue weighted by molar-refractivity contribution is 0.0697. The van der Waals surface area contributed by atoms with Gasteiger partial charge in [-0.1, -0.05) is 68.7 Å². The standard InChI is InChI=1S/C28H32N2O4/c1-2-8-26(31)30-19-25(22-9-4-3-5-10-22)29(28(30)34)18-17-20-13-15-21(16-14-20)23-11-6-7-12-24(23)27(32)33/h6-7,11-16,19,22H,2-5,8-10,17-18H2,1H3,(H,32,33). The molecule has 0 aliphatic heterocycles. The largest absolute Gasteiger partial charge is 0.478 e. The molecule has 0 spiro atoms. The molecule has 0 unspecified atom stereocenters. The van der Waals surface area contributed by atoms with E-state index >= 15 is 0 Å². The molecule has 0 saturated heterocycles. The van der Waals surface area contributed by atoms with Gasteiger partial charge in [0.1, 0.15) is 0 Å². The summed E-state index contributed by atoms with van der Waals surface area (Å²) in [6.45, 7) is 2.46. The van der Waals surface area contributed by atoms with Crippen molar-refractivity contribution in [2.45, 2.75) is 70.8 Å². The Hall–Kier alpha value is -3.41. The highest BCUT2D eigenvalue weighted by atomic mass is 16.4. The average molecular weight is 461 g/mol. The van der Waals surface area contributed by atoms with Gasteiger partial charge >= 0.3 is 11.7 Å². The van der Waals surface area contributed by atoms with E-state index in [1.165, 1.54) is 11.0 Å². The van der Waals surface area contributed by atoms with Gasteiger partial charge in [0.05, 0.1) is 5.56 Å². The zero-order valence-corrected chi connectivity index (χ0v) is 19.7. The molecule has 0 bridgehead atoms. The predicted octanol–water partition coefficient (Wildman–Crippen LogP) is 5.75. The molecule has 2 aromatic carbocycles. The van der Waals surface area contributed by atoms with Crippen LogP contribution in [0.25, 0.3) is 11.1 Å². The molecule has 4 rings (SSSR count). The summed E-state index contributed by atoms with van der Waals surface area (Å²) in [5.41, 5.74) is 3.62. The molecule has 1 aromatic heterocycles. The molecule has 1 aliphatic carbocycles. The van der Waals surface area contributed by atoms with Crippen LogP contribution in [-0.4, -0.2) is 26.1 Å². The van der Waals surface area contributed by atoms with Crippen LogP contribution in [0, 0.1) is 0 Å². The maximum atomic E-state index is 13.2. The molecule has 178 valence electrons. The number of carboxylic acid groups (broad SMARTS) is 1. The van der Waals surface area contributed by atoms with Crippen LogP contribution < -0.4 is 5.69 Å². The van der Waals surface area contributed by atoms with Crippen molar-refractivity contribution >= 4 is 11.9 Å². The molecular weight excluding hydrogens is 428 g/mol. The van der Waals surface area contributed by atoms with Gasteiger partial charge in [-0.15, -0.1) is 0 Å². The molecule has 0 radical (unpaired) electrons. The van der Waals surface area contributed by atoms with Crippen LogP contribution >= 0.6 is 0 Å². The lowest BCUT2D eigenvalue weighted by atomic mass is 9.87. The smallest absolute Gasteiger partial charge is 0.336 e. The normalized spacial score (nSPS) is 14.3. The molecule has 1 N–H and O–H groups in total. The summed E-state index contributed by atoms with van der Waals surface area (Å²) in [4.78, 5) is 37.3. The van der Waals surface area contributed by atoms with Crippen molar-refractivity contribution in [1.82, 2.24) is 9.13 Å². The van der Waals surface area contributed by atoms with E-state index in [2.05, 4.69) is 0 Å². The zero-order valence-electron chi connectivity index (χ0n) is 19.7. The lowest BCUT2D eigenvalue weighted by Crippen LogP contribution is -2.30. The van der Waals surface area contributed by atoms with Gasteiger partial charge in [0, 0.05) is 30.8 Å². The zero-order chi connectivity index (χ0) is 24.1. The Kier molecular flexibility index (Phi) is 7.46. The van der Waals surface area contributed by atoms with Crippen LogP contribution in [0.1, 0.15) is 84.2 Å². The minimum atomic E-state index is -0.948. The molecule has 1 saturated carbocycles. The Labute approximate surface area is 199 Å². The van der Waals surface area contributed by atoms with Crippen LogP contribution in [0.3, 0.4) is 0 Å². The summed E-state index contributed by atoms with van der Waals surface area (Å²) < 4.78 is 3.12. The van der Waals surface area contributed by atoms with Gasteiger partial charge in [-0.05, 0) is 48.4 Å². The summed E-state index contributed by atoms with van der Waals surface area (Å²) in [6.07, 6.45) is 9.20. The summed E-state index contributed by atoms with van der Waals surface area (Å²) in [5, 5.41) is 9.47. The lowest BCUT2D eigenvalue weighted by Gasteiger charge is -2.22. The van der Waals surface area contributed by atoms with E-state index < -0.39 is 5.97 Å². The highest BCUT2D eigenvalue weighted by Crippen LogP contribution is 2.32. The third-order valence-electron chi connectivity index (χ3n) is 6.81. The van der Waals surface area contributed by atoms with Gasteiger partial charge in [0.15, 0.2) is 0 Å². The van der Waals surface area contributed by atoms with Gasteiger partial charge in [-0.3, -0.25) is 9.36 Å². The quantitative estimate of drug-likeness (QED) is 0.464. The predicted molar refractivity (Wildman–Crippen MR) is 133 cm³/mol. The van der Waals surface area contributed by atoms with Crippen molar-refractivity contribution < 1.29 is 14.7 Å². The summed E-state index contributed by atoms with van der Waals surface area (Å²) in [7, 11) is 0. The number of aryl methyl sites for hydroxylation is 1. The van der Waals surface area contributed by atoms with Crippen molar-refractivity contribution in [3.05, 3.63) is 82.0 Å². The number of carbonyl (C=O) groups excluding carboxylic acids is 1. The fourth-order valence-corrected chi connectivity index (χ4v) is 4.97. The van der Waals surface area contributed by atoms with Gasteiger partial charge < -0.3 is 5.11 Å². The van der Waals surface area contributed by atoms with Crippen molar-refractivity contribution in [1.29, 1.82) is 0 Å². The third kappa shape index (κ3) is 5.06. The number of carbonyl (C=O) groups is 2. The van der Waals surface area contributed by atoms with E-state index in [-0.39, 0.29) is 17.2 Å². The van der Waals surface area contributed by atoms with Crippen molar-refractivity contribution in [3.8, 4) is 11.1 Å². The van der Waals surface area contributed by atoms with Crippen molar-refractivity contribution in [2.24, 2.45) is 0 Å². The van der Waals surface area contributed by atoms with Gasteiger partial charge in [0.2, 0.25) is 5.91 Å². The Morgan fingerprint density at radius 2 is 1.71 bits per heavy atom. The van der Waals surface area contributed by atoms with E-state index in [0.29, 0.717) is 37.3 Å². The van der Waals surface area contributed by atoms with E-state index in [1.807, 2.05) is 43.3 Å². The monoisotopic (exact) mass is 460 g/mol. The number of rotatable bonds is 8. The Morgan fingerprint density at radius 1 is 1.00 bits per heavy atom. The van der Waals surface area contributed by atoms with Crippen LogP contribution in [0.4, 0.5) is 0 Å². The van der Waals surface area contributed by atoms with Crippen molar-refractivity contribution in [3.63, 3.8) is 0 Å². The summed E-state index contributed by atoms with van der Waals surface area (Å²) >= 11 is 0.